The van der Waals surface area contributed by atoms with Crippen LogP contribution in [0.3, 0.4) is 0 Å². The molecule has 0 N–H and O–H groups in total. The minimum Gasteiger partial charge on any atom is -0.497 e. The Balaban J connectivity index is 1.84. The Morgan fingerprint density at radius 3 is 2.45 bits per heavy atom. The summed E-state index contributed by atoms with van der Waals surface area (Å²) in [6, 6.07) is 13.1. The SMILES string of the molecule is COc1ccc(CN(C)C(=O)C2Cc3ccccc3CN2C(=O)CC(C)C)c(OC)c1. The molecular formula is C25H32N2O4. The van der Waals surface area contributed by atoms with Gasteiger partial charge in [-0.1, -0.05) is 38.1 Å². The Morgan fingerprint density at radius 1 is 1.10 bits per heavy atom. The van der Waals surface area contributed by atoms with E-state index in [1.165, 1.54) is 0 Å². The third-order valence-corrected chi connectivity index (χ3v) is 5.71. The Hall–Kier alpha value is -3.02. The van der Waals surface area contributed by atoms with Crippen LogP contribution < -0.4 is 9.47 Å². The van der Waals surface area contributed by atoms with Crippen molar-refractivity contribution in [3.05, 3.63) is 59.2 Å². The van der Waals surface area contributed by atoms with Gasteiger partial charge < -0.3 is 19.3 Å². The standard InChI is InChI=1S/C25H32N2O4/c1-17(2)12-24(28)27-16-19-9-7-6-8-18(19)13-22(27)25(29)26(3)15-20-10-11-21(30-4)14-23(20)31-5/h6-11,14,17,22H,12-13,15-16H2,1-5H3. The van der Waals surface area contributed by atoms with Gasteiger partial charge in [0.15, 0.2) is 0 Å². The largest absolute Gasteiger partial charge is 0.497 e. The summed E-state index contributed by atoms with van der Waals surface area (Å²) >= 11 is 0. The van der Waals surface area contributed by atoms with Crippen LogP contribution in [0.5, 0.6) is 11.5 Å². The Bertz CT molecular complexity index is 941. The molecular weight excluding hydrogens is 392 g/mol. The number of ether oxygens (including phenoxy) is 2. The molecule has 166 valence electrons. The van der Waals surface area contributed by atoms with Crippen molar-refractivity contribution in [3.8, 4) is 11.5 Å². The lowest BCUT2D eigenvalue weighted by molar-refractivity contribution is -0.147. The van der Waals surface area contributed by atoms with Crippen LogP contribution in [-0.4, -0.2) is 48.9 Å². The molecule has 31 heavy (non-hydrogen) atoms. The maximum absolute atomic E-state index is 13.5. The van der Waals surface area contributed by atoms with Gasteiger partial charge in [-0.05, 0) is 29.2 Å². The molecule has 2 aromatic rings. The van der Waals surface area contributed by atoms with Crippen molar-refractivity contribution >= 4 is 11.8 Å². The molecule has 1 atom stereocenters. The van der Waals surface area contributed by atoms with Gasteiger partial charge >= 0.3 is 0 Å². The lowest BCUT2D eigenvalue weighted by atomic mass is 9.92. The molecule has 1 aliphatic rings. The molecule has 2 aromatic carbocycles. The van der Waals surface area contributed by atoms with Crippen LogP contribution in [0, 0.1) is 5.92 Å². The summed E-state index contributed by atoms with van der Waals surface area (Å²) in [5.41, 5.74) is 3.13. The monoisotopic (exact) mass is 424 g/mol. The summed E-state index contributed by atoms with van der Waals surface area (Å²) in [5.74, 6) is 1.56. The highest BCUT2D eigenvalue weighted by Gasteiger charge is 2.36. The van der Waals surface area contributed by atoms with Crippen molar-refractivity contribution in [1.29, 1.82) is 0 Å². The molecule has 0 fully saturated rings. The Kier molecular flexibility index (Phi) is 7.21. The number of hydrogen-bond donors (Lipinski definition) is 0. The summed E-state index contributed by atoms with van der Waals surface area (Å²) in [6.07, 6.45) is 0.963. The number of rotatable bonds is 7. The van der Waals surface area contributed by atoms with Crippen LogP contribution in [0.2, 0.25) is 0 Å². The molecule has 6 nitrogen and oxygen atoms in total. The van der Waals surface area contributed by atoms with Crippen molar-refractivity contribution in [2.45, 2.75) is 45.8 Å². The summed E-state index contributed by atoms with van der Waals surface area (Å²) in [4.78, 5) is 29.9. The van der Waals surface area contributed by atoms with Gasteiger partial charge in [-0.2, -0.15) is 0 Å². The number of hydrogen-bond acceptors (Lipinski definition) is 4. The maximum Gasteiger partial charge on any atom is 0.245 e. The van der Waals surface area contributed by atoms with Crippen LogP contribution in [0.25, 0.3) is 0 Å². The highest BCUT2D eigenvalue weighted by atomic mass is 16.5. The molecule has 3 rings (SSSR count). The first-order valence-corrected chi connectivity index (χ1v) is 10.7. The molecule has 2 amide bonds. The smallest absolute Gasteiger partial charge is 0.245 e. The quantitative estimate of drug-likeness (QED) is 0.681. The van der Waals surface area contributed by atoms with Gasteiger partial charge in [0.05, 0.1) is 14.2 Å². The molecule has 0 spiro atoms. The van der Waals surface area contributed by atoms with E-state index in [1.54, 1.807) is 31.1 Å². The van der Waals surface area contributed by atoms with Crippen LogP contribution in [0.1, 0.15) is 37.0 Å². The van der Waals surface area contributed by atoms with E-state index in [2.05, 4.69) is 0 Å². The average Bonchev–Trinajstić information content (AvgIpc) is 2.77. The highest BCUT2D eigenvalue weighted by Crippen LogP contribution is 2.28. The average molecular weight is 425 g/mol. The zero-order valence-corrected chi connectivity index (χ0v) is 19.1. The molecule has 0 aromatic heterocycles. The first-order chi connectivity index (χ1) is 14.8. The molecule has 6 heteroatoms. The molecule has 0 saturated heterocycles. The number of methoxy groups -OCH3 is 2. The van der Waals surface area contributed by atoms with E-state index in [0.717, 1.165) is 16.7 Å². The predicted molar refractivity (Wildman–Crippen MR) is 120 cm³/mol. The summed E-state index contributed by atoms with van der Waals surface area (Å²) < 4.78 is 10.7. The fourth-order valence-electron chi connectivity index (χ4n) is 4.04. The second-order valence-corrected chi connectivity index (χ2v) is 8.48. The van der Waals surface area contributed by atoms with Crippen LogP contribution in [0.15, 0.2) is 42.5 Å². The number of likely N-dealkylation sites (N-methyl/N-ethyl adjacent to an activating group) is 1. The third kappa shape index (κ3) is 5.19. The minimum atomic E-state index is -0.504. The lowest BCUT2D eigenvalue weighted by Gasteiger charge is -2.38. The van der Waals surface area contributed by atoms with Crippen molar-refractivity contribution in [3.63, 3.8) is 0 Å². The Morgan fingerprint density at radius 2 is 1.81 bits per heavy atom. The number of nitrogens with zero attached hydrogens (tertiary/aromatic N) is 2. The second kappa shape index (κ2) is 9.86. The molecule has 1 unspecified atom stereocenters. The summed E-state index contributed by atoms with van der Waals surface area (Å²) in [6.45, 7) is 4.90. The fraction of sp³-hybridized carbons (Fsp3) is 0.440. The molecule has 1 aliphatic heterocycles. The maximum atomic E-state index is 13.5. The number of fused-ring (bicyclic) bond motifs is 1. The van der Waals surface area contributed by atoms with E-state index in [9.17, 15) is 9.59 Å². The van der Waals surface area contributed by atoms with Crippen LogP contribution >= 0.6 is 0 Å². The van der Waals surface area contributed by atoms with Crippen molar-refractivity contribution in [2.75, 3.05) is 21.3 Å². The zero-order valence-electron chi connectivity index (χ0n) is 19.1. The van der Waals surface area contributed by atoms with Crippen molar-refractivity contribution in [2.24, 2.45) is 5.92 Å². The van der Waals surface area contributed by atoms with Gasteiger partial charge in [-0.3, -0.25) is 9.59 Å². The second-order valence-electron chi connectivity index (χ2n) is 8.48. The lowest BCUT2D eigenvalue weighted by Crippen LogP contribution is -2.52. The van der Waals surface area contributed by atoms with E-state index in [4.69, 9.17) is 9.47 Å². The van der Waals surface area contributed by atoms with E-state index < -0.39 is 6.04 Å². The van der Waals surface area contributed by atoms with Gasteiger partial charge in [0, 0.05) is 44.6 Å². The summed E-state index contributed by atoms with van der Waals surface area (Å²) in [7, 11) is 4.98. The number of benzene rings is 2. The number of amides is 2. The molecule has 1 heterocycles. The van der Waals surface area contributed by atoms with Crippen LogP contribution in [0.4, 0.5) is 0 Å². The third-order valence-electron chi connectivity index (χ3n) is 5.71. The predicted octanol–water partition coefficient (Wildman–Crippen LogP) is 3.66. The first-order valence-electron chi connectivity index (χ1n) is 10.7. The number of carbonyl (C=O) groups excluding carboxylic acids is 2. The van der Waals surface area contributed by atoms with Crippen molar-refractivity contribution in [1.82, 2.24) is 9.80 Å². The van der Waals surface area contributed by atoms with Gasteiger partial charge in [0.25, 0.3) is 0 Å². The van der Waals surface area contributed by atoms with E-state index >= 15 is 0 Å². The van der Waals surface area contributed by atoms with Crippen LogP contribution in [-0.2, 0) is 29.1 Å². The van der Waals surface area contributed by atoms with Gasteiger partial charge in [0.2, 0.25) is 11.8 Å². The molecule has 0 radical (unpaired) electrons. The van der Waals surface area contributed by atoms with E-state index in [1.807, 2.05) is 56.3 Å². The zero-order chi connectivity index (χ0) is 22.5. The molecule has 0 aliphatic carbocycles. The molecule has 0 saturated carbocycles. The highest BCUT2D eigenvalue weighted by molar-refractivity contribution is 5.88. The van der Waals surface area contributed by atoms with E-state index in [-0.39, 0.29) is 17.7 Å². The van der Waals surface area contributed by atoms with Gasteiger partial charge in [-0.25, -0.2) is 0 Å². The van der Waals surface area contributed by atoms with Gasteiger partial charge in [-0.15, -0.1) is 0 Å². The summed E-state index contributed by atoms with van der Waals surface area (Å²) in [5, 5.41) is 0. The Labute approximate surface area is 184 Å². The number of carbonyl (C=O) groups is 2. The minimum absolute atomic E-state index is 0.0262. The van der Waals surface area contributed by atoms with E-state index in [0.29, 0.717) is 37.4 Å². The molecule has 0 bridgehead atoms. The van der Waals surface area contributed by atoms with Crippen molar-refractivity contribution < 1.29 is 19.1 Å². The topological polar surface area (TPSA) is 59.1 Å². The first kappa shape index (κ1) is 22.7. The normalized spacial score (nSPS) is 15.4. The van der Waals surface area contributed by atoms with Gasteiger partial charge in [0.1, 0.15) is 17.5 Å². The fourth-order valence-corrected chi connectivity index (χ4v) is 4.04.